The Morgan fingerprint density at radius 1 is 1.19 bits per heavy atom. The van der Waals surface area contributed by atoms with Gasteiger partial charge >= 0.3 is 0 Å². The zero-order valence-corrected chi connectivity index (χ0v) is 10.8. The van der Waals surface area contributed by atoms with Crippen molar-refractivity contribution in [3.05, 3.63) is 23.3 Å². The molecule has 0 aliphatic carbocycles. The van der Waals surface area contributed by atoms with Crippen LogP contribution >= 0.6 is 0 Å². The number of rotatable bonds is 4. The monoisotopic (exact) mass is 223 g/mol. The second-order valence-electron chi connectivity index (χ2n) is 4.40. The molecule has 2 N–H and O–H groups in total. The first kappa shape index (κ1) is 12.8. The lowest BCUT2D eigenvalue weighted by Gasteiger charge is -2.25. The molecular formula is C13H21NO2. The van der Waals surface area contributed by atoms with Crippen molar-refractivity contribution in [2.24, 2.45) is 5.73 Å². The number of benzene rings is 1. The molecule has 1 rings (SSSR count). The summed E-state index contributed by atoms with van der Waals surface area (Å²) in [5.41, 5.74) is 8.01. The molecule has 0 bridgehead atoms. The third-order valence-electron chi connectivity index (χ3n) is 2.70. The zero-order valence-electron chi connectivity index (χ0n) is 10.8. The predicted molar refractivity (Wildman–Crippen MR) is 66.1 cm³/mol. The van der Waals surface area contributed by atoms with Crippen LogP contribution < -0.4 is 15.2 Å². The van der Waals surface area contributed by atoms with Crippen molar-refractivity contribution in [3.8, 4) is 11.5 Å². The Morgan fingerprint density at radius 2 is 1.81 bits per heavy atom. The van der Waals surface area contributed by atoms with Gasteiger partial charge in [-0.1, -0.05) is 13.0 Å². The fourth-order valence-electron chi connectivity index (χ4n) is 1.95. The number of hydrogen-bond acceptors (Lipinski definition) is 3. The summed E-state index contributed by atoms with van der Waals surface area (Å²) in [6, 6.07) is 3.92. The molecule has 0 spiro atoms. The highest BCUT2D eigenvalue weighted by Crippen LogP contribution is 2.37. The first-order valence-corrected chi connectivity index (χ1v) is 5.48. The van der Waals surface area contributed by atoms with E-state index in [1.807, 2.05) is 26.0 Å². The zero-order chi connectivity index (χ0) is 12.3. The van der Waals surface area contributed by atoms with Crippen LogP contribution in [-0.2, 0) is 12.0 Å². The summed E-state index contributed by atoms with van der Waals surface area (Å²) < 4.78 is 10.7. The fraction of sp³-hybridized carbons (Fsp3) is 0.538. The van der Waals surface area contributed by atoms with Gasteiger partial charge in [0.1, 0.15) is 0 Å². The third-order valence-corrected chi connectivity index (χ3v) is 2.70. The van der Waals surface area contributed by atoms with Crippen LogP contribution in [0.3, 0.4) is 0 Å². The Labute approximate surface area is 97.6 Å². The van der Waals surface area contributed by atoms with E-state index in [-0.39, 0.29) is 5.54 Å². The molecule has 0 amide bonds. The lowest BCUT2D eigenvalue weighted by molar-refractivity contribution is 0.350. The summed E-state index contributed by atoms with van der Waals surface area (Å²) in [5, 5.41) is 0. The number of nitrogens with two attached hydrogens (primary N) is 1. The van der Waals surface area contributed by atoms with Crippen LogP contribution in [0.15, 0.2) is 12.1 Å². The number of methoxy groups -OCH3 is 2. The first-order chi connectivity index (χ1) is 7.45. The second kappa shape index (κ2) is 4.74. The van der Waals surface area contributed by atoms with E-state index in [2.05, 4.69) is 6.92 Å². The van der Waals surface area contributed by atoms with Gasteiger partial charge in [-0.15, -0.1) is 0 Å². The molecule has 0 atom stereocenters. The van der Waals surface area contributed by atoms with Gasteiger partial charge in [-0.05, 0) is 31.9 Å². The van der Waals surface area contributed by atoms with E-state index in [1.54, 1.807) is 14.2 Å². The lowest BCUT2D eigenvalue weighted by atomic mass is 9.89. The van der Waals surface area contributed by atoms with Crippen molar-refractivity contribution in [2.75, 3.05) is 14.2 Å². The van der Waals surface area contributed by atoms with Crippen molar-refractivity contribution >= 4 is 0 Å². The lowest BCUT2D eigenvalue weighted by Crippen LogP contribution is -2.30. The van der Waals surface area contributed by atoms with Gasteiger partial charge < -0.3 is 15.2 Å². The van der Waals surface area contributed by atoms with Crippen LogP contribution in [0, 0.1) is 0 Å². The highest BCUT2D eigenvalue weighted by molar-refractivity contribution is 5.52. The third kappa shape index (κ3) is 2.30. The molecule has 0 aromatic heterocycles. The van der Waals surface area contributed by atoms with Crippen LogP contribution in [-0.4, -0.2) is 14.2 Å². The van der Waals surface area contributed by atoms with Crippen molar-refractivity contribution in [2.45, 2.75) is 32.7 Å². The van der Waals surface area contributed by atoms with Crippen molar-refractivity contribution in [1.29, 1.82) is 0 Å². The molecule has 1 aromatic carbocycles. The van der Waals surface area contributed by atoms with E-state index in [9.17, 15) is 0 Å². The van der Waals surface area contributed by atoms with Crippen LogP contribution in [0.2, 0.25) is 0 Å². The number of ether oxygens (including phenoxy) is 2. The average molecular weight is 223 g/mol. The first-order valence-electron chi connectivity index (χ1n) is 5.48. The van der Waals surface area contributed by atoms with Gasteiger partial charge in [0.25, 0.3) is 0 Å². The summed E-state index contributed by atoms with van der Waals surface area (Å²) >= 11 is 0. The molecule has 0 saturated heterocycles. The molecule has 0 saturated carbocycles. The minimum Gasteiger partial charge on any atom is -0.493 e. The Hall–Kier alpha value is -1.22. The van der Waals surface area contributed by atoms with Gasteiger partial charge in [-0.2, -0.15) is 0 Å². The molecule has 0 heterocycles. The van der Waals surface area contributed by atoms with Crippen molar-refractivity contribution < 1.29 is 9.47 Å². The SMILES string of the molecule is CCc1c(C(C)(C)N)ccc(OC)c1OC. The Bertz CT molecular complexity index is 367. The molecule has 16 heavy (non-hydrogen) atoms. The van der Waals surface area contributed by atoms with E-state index >= 15 is 0 Å². The molecule has 1 aromatic rings. The summed E-state index contributed by atoms with van der Waals surface area (Å²) in [4.78, 5) is 0. The fourth-order valence-corrected chi connectivity index (χ4v) is 1.95. The highest BCUT2D eigenvalue weighted by atomic mass is 16.5. The molecule has 0 radical (unpaired) electrons. The van der Waals surface area contributed by atoms with Gasteiger partial charge in [0.05, 0.1) is 14.2 Å². The minimum absolute atomic E-state index is 0.370. The molecule has 0 aliphatic rings. The largest absolute Gasteiger partial charge is 0.493 e. The van der Waals surface area contributed by atoms with Gasteiger partial charge in [0.15, 0.2) is 11.5 Å². The summed E-state index contributed by atoms with van der Waals surface area (Å²) in [5.74, 6) is 1.55. The van der Waals surface area contributed by atoms with Gasteiger partial charge in [0.2, 0.25) is 0 Å². The molecular weight excluding hydrogens is 202 g/mol. The summed E-state index contributed by atoms with van der Waals surface area (Å²) in [7, 11) is 3.30. The Morgan fingerprint density at radius 3 is 2.19 bits per heavy atom. The average Bonchev–Trinajstić information content (AvgIpc) is 2.25. The van der Waals surface area contributed by atoms with E-state index < -0.39 is 0 Å². The maximum atomic E-state index is 6.15. The standard InChI is InChI=1S/C13H21NO2/c1-6-9-10(13(2,3)14)7-8-11(15-4)12(9)16-5/h7-8H,6,14H2,1-5H3. The maximum absolute atomic E-state index is 6.15. The number of hydrogen-bond donors (Lipinski definition) is 1. The van der Waals surface area contributed by atoms with Crippen LogP contribution in [0.25, 0.3) is 0 Å². The minimum atomic E-state index is -0.370. The smallest absolute Gasteiger partial charge is 0.164 e. The molecule has 0 fully saturated rings. The maximum Gasteiger partial charge on any atom is 0.164 e. The van der Waals surface area contributed by atoms with E-state index in [0.29, 0.717) is 0 Å². The molecule has 3 nitrogen and oxygen atoms in total. The van der Waals surface area contributed by atoms with Crippen LogP contribution in [0.5, 0.6) is 11.5 Å². The molecule has 3 heteroatoms. The Balaban J connectivity index is 3.43. The molecule has 0 aliphatic heterocycles. The normalized spacial score (nSPS) is 11.4. The summed E-state index contributed by atoms with van der Waals surface area (Å²) in [6.07, 6.45) is 0.871. The molecule has 90 valence electrons. The van der Waals surface area contributed by atoms with Crippen LogP contribution in [0.1, 0.15) is 31.9 Å². The highest BCUT2D eigenvalue weighted by Gasteiger charge is 2.22. The van der Waals surface area contributed by atoms with Gasteiger partial charge in [-0.3, -0.25) is 0 Å². The second-order valence-corrected chi connectivity index (χ2v) is 4.40. The van der Waals surface area contributed by atoms with E-state index in [0.717, 1.165) is 29.0 Å². The van der Waals surface area contributed by atoms with Gasteiger partial charge in [-0.25, -0.2) is 0 Å². The summed E-state index contributed by atoms with van der Waals surface area (Å²) in [6.45, 7) is 6.08. The van der Waals surface area contributed by atoms with E-state index in [4.69, 9.17) is 15.2 Å². The van der Waals surface area contributed by atoms with Crippen LogP contribution in [0.4, 0.5) is 0 Å². The quantitative estimate of drug-likeness (QED) is 0.852. The van der Waals surface area contributed by atoms with Crippen molar-refractivity contribution in [1.82, 2.24) is 0 Å². The van der Waals surface area contributed by atoms with Crippen molar-refractivity contribution in [3.63, 3.8) is 0 Å². The van der Waals surface area contributed by atoms with E-state index in [1.165, 1.54) is 0 Å². The molecule has 0 unspecified atom stereocenters. The predicted octanol–water partition coefficient (Wildman–Crippen LogP) is 2.46. The Kier molecular flexibility index (Phi) is 3.81. The van der Waals surface area contributed by atoms with Gasteiger partial charge in [0, 0.05) is 11.1 Å². The topological polar surface area (TPSA) is 44.5 Å².